The summed E-state index contributed by atoms with van der Waals surface area (Å²) in [6.45, 7) is 0.427. The highest BCUT2D eigenvalue weighted by Crippen LogP contribution is 2.29. The number of rotatable bonds is 8. The molecule has 1 N–H and O–H groups in total. The zero-order valence-corrected chi connectivity index (χ0v) is 20.2. The molecule has 8 heteroatoms. The molecule has 3 aromatic carbocycles. The molecule has 1 heterocycles. The van der Waals surface area contributed by atoms with Crippen molar-refractivity contribution in [1.82, 2.24) is 15.1 Å². The molecule has 4 aromatic rings. The van der Waals surface area contributed by atoms with Gasteiger partial charge in [0.1, 0.15) is 5.69 Å². The Kier molecular flexibility index (Phi) is 7.40. The molecule has 0 saturated heterocycles. The van der Waals surface area contributed by atoms with E-state index in [0.29, 0.717) is 51.6 Å². The Labute approximate surface area is 208 Å². The third-order valence-corrected chi connectivity index (χ3v) is 5.86. The van der Waals surface area contributed by atoms with E-state index in [1.807, 2.05) is 48.5 Å². The number of carbonyl (C=O) groups is 1. The summed E-state index contributed by atoms with van der Waals surface area (Å²) in [5, 5.41) is 8.75. The van der Waals surface area contributed by atoms with Crippen molar-refractivity contribution in [2.45, 2.75) is 6.42 Å². The van der Waals surface area contributed by atoms with E-state index in [1.54, 1.807) is 43.2 Å². The molecule has 1 amide bonds. The van der Waals surface area contributed by atoms with Crippen molar-refractivity contribution in [3.05, 3.63) is 94.1 Å². The SMILES string of the molecule is COc1ccc(CCNC(=O)c2cc(-c3ccccc3Cl)nn2-c2cccc(Cl)c2)cc1OC. The maximum Gasteiger partial charge on any atom is 0.270 e. The van der Waals surface area contributed by atoms with Gasteiger partial charge in [-0.25, -0.2) is 4.68 Å². The molecular weight excluding hydrogens is 473 g/mol. The van der Waals surface area contributed by atoms with Crippen LogP contribution in [0.5, 0.6) is 11.5 Å². The lowest BCUT2D eigenvalue weighted by Gasteiger charge is -2.11. The second-order valence-electron chi connectivity index (χ2n) is 7.48. The summed E-state index contributed by atoms with van der Waals surface area (Å²) in [4.78, 5) is 13.2. The highest BCUT2D eigenvalue weighted by molar-refractivity contribution is 6.33. The zero-order valence-electron chi connectivity index (χ0n) is 18.7. The lowest BCUT2D eigenvalue weighted by Crippen LogP contribution is -2.27. The molecule has 34 heavy (non-hydrogen) atoms. The van der Waals surface area contributed by atoms with E-state index >= 15 is 0 Å². The van der Waals surface area contributed by atoms with Gasteiger partial charge < -0.3 is 14.8 Å². The van der Waals surface area contributed by atoms with Crippen LogP contribution in [-0.4, -0.2) is 36.5 Å². The van der Waals surface area contributed by atoms with Crippen molar-refractivity contribution in [3.63, 3.8) is 0 Å². The van der Waals surface area contributed by atoms with E-state index < -0.39 is 0 Å². The minimum absolute atomic E-state index is 0.258. The Balaban J connectivity index is 1.58. The Bertz CT molecular complexity index is 1320. The largest absolute Gasteiger partial charge is 0.493 e. The summed E-state index contributed by atoms with van der Waals surface area (Å²) in [6, 6.07) is 22.0. The van der Waals surface area contributed by atoms with E-state index in [-0.39, 0.29) is 5.91 Å². The summed E-state index contributed by atoms with van der Waals surface area (Å²) in [7, 11) is 3.19. The Morgan fingerprint density at radius 3 is 2.47 bits per heavy atom. The van der Waals surface area contributed by atoms with Crippen LogP contribution in [0.15, 0.2) is 72.8 Å². The molecule has 0 aliphatic carbocycles. The van der Waals surface area contributed by atoms with Crippen LogP contribution in [-0.2, 0) is 6.42 Å². The van der Waals surface area contributed by atoms with Crippen LogP contribution < -0.4 is 14.8 Å². The topological polar surface area (TPSA) is 65.4 Å². The van der Waals surface area contributed by atoms with Crippen molar-refractivity contribution >= 4 is 29.1 Å². The zero-order chi connectivity index (χ0) is 24.1. The first-order chi connectivity index (χ1) is 16.5. The van der Waals surface area contributed by atoms with Gasteiger partial charge in [0, 0.05) is 17.1 Å². The molecule has 6 nitrogen and oxygen atoms in total. The number of ether oxygens (including phenoxy) is 2. The highest BCUT2D eigenvalue weighted by Gasteiger charge is 2.19. The summed E-state index contributed by atoms with van der Waals surface area (Å²) in [5.41, 5.74) is 3.40. The van der Waals surface area contributed by atoms with Crippen molar-refractivity contribution in [1.29, 1.82) is 0 Å². The van der Waals surface area contributed by atoms with Gasteiger partial charge in [-0.3, -0.25) is 4.79 Å². The van der Waals surface area contributed by atoms with Gasteiger partial charge in [0.2, 0.25) is 0 Å². The third kappa shape index (κ3) is 5.19. The first-order valence-corrected chi connectivity index (χ1v) is 11.4. The fraction of sp³-hybridized carbons (Fsp3) is 0.154. The van der Waals surface area contributed by atoms with Gasteiger partial charge in [0.05, 0.1) is 30.6 Å². The molecule has 0 fully saturated rings. The molecule has 0 bridgehead atoms. The molecular formula is C26H23Cl2N3O3. The number of halogens is 2. The molecule has 0 spiro atoms. The minimum atomic E-state index is -0.258. The van der Waals surface area contributed by atoms with Crippen LogP contribution in [0.2, 0.25) is 10.0 Å². The van der Waals surface area contributed by atoms with Gasteiger partial charge in [-0.15, -0.1) is 0 Å². The maximum atomic E-state index is 13.2. The number of amides is 1. The van der Waals surface area contributed by atoms with Crippen LogP contribution in [0.3, 0.4) is 0 Å². The second kappa shape index (κ2) is 10.6. The number of hydrogen-bond donors (Lipinski definition) is 1. The van der Waals surface area contributed by atoms with Gasteiger partial charge in [-0.1, -0.05) is 53.5 Å². The number of nitrogens with zero attached hydrogens (tertiary/aromatic N) is 2. The first kappa shape index (κ1) is 23.7. The van der Waals surface area contributed by atoms with Crippen molar-refractivity contribution in [2.75, 3.05) is 20.8 Å². The Morgan fingerprint density at radius 1 is 0.941 bits per heavy atom. The number of aromatic nitrogens is 2. The van der Waals surface area contributed by atoms with Gasteiger partial charge in [0.25, 0.3) is 5.91 Å². The average molecular weight is 496 g/mol. The van der Waals surface area contributed by atoms with Crippen molar-refractivity contribution in [3.8, 4) is 28.4 Å². The number of methoxy groups -OCH3 is 2. The van der Waals surface area contributed by atoms with Gasteiger partial charge >= 0.3 is 0 Å². The molecule has 0 radical (unpaired) electrons. The fourth-order valence-electron chi connectivity index (χ4n) is 3.60. The van der Waals surface area contributed by atoms with E-state index in [1.165, 1.54) is 0 Å². The Morgan fingerprint density at radius 2 is 1.74 bits per heavy atom. The number of benzene rings is 3. The quantitative estimate of drug-likeness (QED) is 0.333. The summed E-state index contributed by atoms with van der Waals surface area (Å²) >= 11 is 12.6. The molecule has 0 aliphatic heterocycles. The van der Waals surface area contributed by atoms with E-state index in [4.69, 9.17) is 32.7 Å². The minimum Gasteiger partial charge on any atom is -0.493 e. The van der Waals surface area contributed by atoms with Crippen LogP contribution in [0.4, 0.5) is 0 Å². The average Bonchev–Trinajstić information content (AvgIpc) is 3.29. The maximum absolute atomic E-state index is 13.2. The van der Waals surface area contributed by atoms with Crippen LogP contribution in [0, 0.1) is 0 Å². The van der Waals surface area contributed by atoms with Gasteiger partial charge in [-0.05, 0) is 54.4 Å². The van der Waals surface area contributed by atoms with Gasteiger partial charge in [-0.2, -0.15) is 5.10 Å². The van der Waals surface area contributed by atoms with Crippen LogP contribution >= 0.6 is 23.2 Å². The van der Waals surface area contributed by atoms with Crippen LogP contribution in [0.25, 0.3) is 16.9 Å². The normalized spacial score (nSPS) is 10.7. The monoisotopic (exact) mass is 495 g/mol. The molecule has 0 unspecified atom stereocenters. The number of carbonyl (C=O) groups excluding carboxylic acids is 1. The number of hydrogen-bond acceptors (Lipinski definition) is 4. The molecule has 0 aliphatic rings. The predicted octanol–water partition coefficient (Wildman–Crippen LogP) is 5.84. The van der Waals surface area contributed by atoms with Gasteiger partial charge in [0.15, 0.2) is 11.5 Å². The fourth-order valence-corrected chi connectivity index (χ4v) is 4.01. The third-order valence-electron chi connectivity index (χ3n) is 5.29. The predicted molar refractivity (Wildman–Crippen MR) is 135 cm³/mol. The summed E-state index contributed by atoms with van der Waals surface area (Å²) < 4.78 is 12.2. The first-order valence-electron chi connectivity index (χ1n) is 10.6. The highest BCUT2D eigenvalue weighted by atomic mass is 35.5. The summed E-state index contributed by atoms with van der Waals surface area (Å²) in [6.07, 6.45) is 0.620. The summed E-state index contributed by atoms with van der Waals surface area (Å²) in [5.74, 6) is 1.05. The van der Waals surface area contributed by atoms with E-state index in [0.717, 1.165) is 11.1 Å². The molecule has 1 aromatic heterocycles. The van der Waals surface area contributed by atoms with Crippen LogP contribution in [0.1, 0.15) is 16.1 Å². The van der Waals surface area contributed by atoms with E-state index in [2.05, 4.69) is 10.4 Å². The lowest BCUT2D eigenvalue weighted by atomic mass is 10.1. The molecule has 0 saturated carbocycles. The number of nitrogens with one attached hydrogen (secondary N) is 1. The molecule has 0 atom stereocenters. The Hall–Kier alpha value is -3.48. The second-order valence-corrected chi connectivity index (χ2v) is 8.33. The molecule has 4 rings (SSSR count). The van der Waals surface area contributed by atoms with Crippen molar-refractivity contribution in [2.24, 2.45) is 0 Å². The van der Waals surface area contributed by atoms with Crippen molar-refractivity contribution < 1.29 is 14.3 Å². The molecule has 174 valence electrons. The standard InChI is InChI=1S/C26H23Cl2N3O3/c1-33-24-11-10-17(14-25(24)34-2)12-13-29-26(32)23-16-22(20-8-3-4-9-21(20)28)30-31(23)19-7-5-6-18(27)15-19/h3-11,14-16H,12-13H2,1-2H3,(H,29,32). The lowest BCUT2D eigenvalue weighted by molar-refractivity contribution is 0.0946. The smallest absolute Gasteiger partial charge is 0.270 e. The van der Waals surface area contributed by atoms with E-state index in [9.17, 15) is 4.79 Å².